The van der Waals surface area contributed by atoms with Crippen LogP contribution in [0.1, 0.15) is 35.4 Å². The Morgan fingerprint density at radius 3 is 2.79 bits per heavy atom. The molecule has 0 saturated heterocycles. The van der Waals surface area contributed by atoms with Crippen molar-refractivity contribution >= 4 is 23.1 Å². The summed E-state index contributed by atoms with van der Waals surface area (Å²) in [6.45, 7) is 0. The molecule has 148 valence electrons. The number of nitrogens with zero attached hydrogens (tertiary/aromatic N) is 5. The van der Waals surface area contributed by atoms with Crippen LogP contribution < -0.4 is 4.74 Å². The van der Waals surface area contributed by atoms with Crippen LogP contribution in [-0.2, 0) is 12.2 Å². The van der Waals surface area contributed by atoms with Crippen LogP contribution in [0, 0.1) is 0 Å². The van der Waals surface area contributed by atoms with Gasteiger partial charge in [0, 0.05) is 22.9 Å². The van der Waals surface area contributed by atoms with Crippen LogP contribution in [0.4, 0.5) is 0 Å². The van der Waals surface area contributed by atoms with E-state index < -0.39 is 0 Å². The maximum atomic E-state index is 5.42. The van der Waals surface area contributed by atoms with E-state index in [1.165, 1.54) is 17.7 Å². The fraction of sp³-hybridized carbons (Fsp3) is 0.300. The highest BCUT2D eigenvalue weighted by molar-refractivity contribution is 7.98. The van der Waals surface area contributed by atoms with Crippen LogP contribution in [0.15, 0.2) is 51.5 Å². The van der Waals surface area contributed by atoms with Gasteiger partial charge in [0.1, 0.15) is 11.6 Å². The lowest BCUT2D eigenvalue weighted by Crippen LogP contribution is -2.03. The van der Waals surface area contributed by atoms with Crippen LogP contribution >= 0.6 is 23.1 Å². The number of hydrogen-bond acceptors (Lipinski definition) is 8. The Kier molecular flexibility index (Phi) is 5.07. The van der Waals surface area contributed by atoms with Crippen LogP contribution in [-0.4, -0.2) is 32.0 Å². The van der Waals surface area contributed by atoms with E-state index in [0.29, 0.717) is 23.5 Å². The molecule has 0 N–H and O–H groups in total. The molecule has 1 fully saturated rings. The predicted molar refractivity (Wildman–Crippen MR) is 111 cm³/mol. The van der Waals surface area contributed by atoms with E-state index in [0.717, 1.165) is 28.7 Å². The number of thioether (sulfide) groups is 1. The number of methoxy groups -OCH3 is 1. The molecule has 0 spiro atoms. The molecule has 1 aliphatic rings. The Balaban J connectivity index is 1.29. The molecule has 3 aromatic heterocycles. The minimum atomic E-state index is 0.505. The minimum Gasteiger partial charge on any atom is -0.497 e. The first kappa shape index (κ1) is 18.4. The standard InChI is InChI=1S/C20H19N5O2S2/c1-26-15-8-4-13(5-9-15)19-21-17(24-27-19)12-29-20-23-22-18(25(20)14-6-7-14)11-16-3-2-10-28-16/h2-5,8-10,14H,6-7,11-12H2,1H3. The first-order valence-electron chi connectivity index (χ1n) is 9.36. The highest BCUT2D eigenvalue weighted by atomic mass is 32.2. The first-order chi connectivity index (χ1) is 14.3. The molecule has 0 radical (unpaired) electrons. The summed E-state index contributed by atoms with van der Waals surface area (Å²) in [4.78, 5) is 5.82. The Labute approximate surface area is 176 Å². The number of rotatable bonds is 8. The van der Waals surface area contributed by atoms with Crippen molar-refractivity contribution in [3.63, 3.8) is 0 Å². The molecule has 3 heterocycles. The fourth-order valence-corrected chi connectivity index (χ4v) is 4.66. The van der Waals surface area contributed by atoms with Gasteiger partial charge in [-0.2, -0.15) is 4.98 Å². The Hall–Kier alpha value is -2.65. The van der Waals surface area contributed by atoms with Gasteiger partial charge < -0.3 is 13.8 Å². The molecular formula is C20H19N5O2S2. The van der Waals surface area contributed by atoms with Crippen molar-refractivity contribution in [1.29, 1.82) is 0 Å². The van der Waals surface area contributed by atoms with Crippen molar-refractivity contribution in [3.05, 3.63) is 58.3 Å². The number of benzene rings is 1. The first-order valence-corrected chi connectivity index (χ1v) is 11.2. The van der Waals surface area contributed by atoms with Gasteiger partial charge in [-0.15, -0.1) is 21.5 Å². The van der Waals surface area contributed by atoms with Crippen molar-refractivity contribution in [3.8, 4) is 17.2 Å². The molecule has 0 aliphatic heterocycles. The summed E-state index contributed by atoms with van der Waals surface area (Å²) in [7, 11) is 1.64. The van der Waals surface area contributed by atoms with Crippen molar-refractivity contribution in [2.75, 3.05) is 7.11 Å². The zero-order valence-electron chi connectivity index (χ0n) is 15.8. The molecule has 5 rings (SSSR count). The number of ether oxygens (including phenoxy) is 1. The zero-order chi connectivity index (χ0) is 19.6. The maximum Gasteiger partial charge on any atom is 0.257 e. The summed E-state index contributed by atoms with van der Waals surface area (Å²) in [6, 6.07) is 12.3. The Bertz CT molecular complexity index is 1080. The molecule has 7 nitrogen and oxygen atoms in total. The summed E-state index contributed by atoms with van der Waals surface area (Å²) in [6.07, 6.45) is 3.20. The number of aromatic nitrogens is 5. The van der Waals surface area contributed by atoms with Gasteiger partial charge in [0.15, 0.2) is 11.0 Å². The Morgan fingerprint density at radius 2 is 2.07 bits per heavy atom. The van der Waals surface area contributed by atoms with Gasteiger partial charge in [-0.05, 0) is 48.6 Å². The third kappa shape index (κ3) is 4.06. The number of hydrogen-bond donors (Lipinski definition) is 0. The SMILES string of the molecule is COc1ccc(-c2nc(CSc3nnc(Cc4cccs4)n3C3CC3)no2)cc1. The van der Waals surface area contributed by atoms with E-state index in [-0.39, 0.29) is 0 Å². The quantitative estimate of drug-likeness (QED) is 0.381. The molecule has 1 saturated carbocycles. The van der Waals surface area contributed by atoms with Crippen molar-refractivity contribution in [2.45, 2.75) is 36.2 Å². The van der Waals surface area contributed by atoms with Crippen molar-refractivity contribution in [2.24, 2.45) is 0 Å². The van der Waals surface area contributed by atoms with Crippen molar-refractivity contribution < 1.29 is 9.26 Å². The lowest BCUT2D eigenvalue weighted by molar-refractivity contribution is 0.414. The van der Waals surface area contributed by atoms with E-state index in [4.69, 9.17) is 9.26 Å². The number of thiophene rings is 1. The van der Waals surface area contributed by atoms with Gasteiger partial charge in [-0.25, -0.2) is 0 Å². The summed E-state index contributed by atoms with van der Waals surface area (Å²) in [5.74, 6) is 3.56. The third-order valence-corrected chi connectivity index (χ3v) is 6.51. The highest BCUT2D eigenvalue weighted by Crippen LogP contribution is 2.39. The summed E-state index contributed by atoms with van der Waals surface area (Å²) < 4.78 is 12.9. The van der Waals surface area contributed by atoms with Gasteiger partial charge in [0.2, 0.25) is 0 Å². The predicted octanol–water partition coefficient (Wildman–Crippen LogP) is 4.62. The molecule has 0 amide bonds. The van der Waals surface area contributed by atoms with Gasteiger partial charge in [-0.1, -0.05) is 23.0 Å². The van der Waals surface area contributed by atoms with Crippen molar-refractivity contribution in [1.82, 2.24) is 24.9 Å². The highest BCUT2D eigenvalue weighted by Gasteiger charge is 2.30. The van der Waals surface area contributed by atoms with Crippen LogP contribution in [0.5, 0.6) is 5.75 Å². The van der Waals surface area contributed by atoms with E-state index in [2.05, 4.69) is 42.4 Å². The third-order valence-electron chi connectivity index (χ3n) is 4.70. The van der Waals surface area contributed by atoms with Gasteiger partial charge in [0.05, 0.1) is 12.9 Å². The molecule has 9 heteroatoms. The zero-order valence-corrected chi connectivity index (χ0v) is 17.4. The smallest absolute Gasteiger partial charge is 0.257 e. The average Bonchev–Trinajstić information content (AvgIpc) is 3.13. The van der Waals surface area contributed by atoms with E-state index >= 15 is 0 Å². The normalized spacial score (nSPS) is 13.7. The summed E-state index contributed by atoms with van der Waals surface area (Å²) >= 11 is 3.36. The average molecular weight is 426 g/mol. The second-order valence-corrected chi connectivity index (χ2v) is 8.76. The van der Waals surface area contributed by atoms with Crippen LogP contribution in [0.25, 0.3) is 11.5 Å². The van der Waals surface area contributed by atoms with E-state index in [1.54, 1.807) is 30.2 Å². The molecule has 0 bridgehead atoms. The second-order valence-electron chi connectivity index (χ2n) is 6.79. The molecule has 0 atom stereocenters. The lowest BCUT2D eigenvalue weighted by Gasteiger charge is -2.07. The molecule has 4 aromatic rings. The lowest BCUT2D eigenvalue weighted by atomic mass is 10.2. The summed E-state index contributed by atoms with van der Waals surface area (Å²) in [5.41, 5.74) is 0.869. The monoisotopic (exact) mass is 425 g/mol. The van der Waals surface area contributed by atoms with Gasteiger partial charge in [-0.3, -0.25) is 0 Å². The molecule has 29 heavy (non-hydrogen) atoms. The maximum absolute atomic E-state index is 5.42. The van der Waals surface area contributed by atoms with E-state index in [1.807, 2.05) is 24.3 Å². The van der Waals surface area contributed by atoms with Gasteiger partial charge in [0.25, 0.3) is 5.89 Å². The van der Waals surface area contributed by atoms with Crippen LogP contribution in [0.2, 0.25) is 0 Å². The second kappa shape index (κ2) is 8.00. The molecule has 1 aliphatic carbocycles. The minimum absolute atomic E-state index is 0.505. The molecule has 1 aromatic carbocycles. The molecular weight excluding hydrogens is 406 g/mol. The Morgan fingerprint density at radius 1 is 1.21 bits per heavy atom. The van der Waals surface area contributed by atoms with E-state index in [9.17, 15) is 0 Å². The molecule has 0 unspecified atom stereocenters. The van der Waals surface area contributed by atoms with Gasteiger partial charge >= 0.3 is 0 Å². The fourth-order valence-electron chi connectivity index (χ4n) is 3.09. The van der Waals surface area contributed by atoms with Crippen LogP contribution in [0.3, 0.4) is 0 Å². The largest absolute Gasteiger partial charge is 0.497 e. The summed E-state index contributed by atoms with van der Waals surface area (Å²) in [5, 5.41) is 16.0. The topological polar surface area (TPSA) is 78.9 Å².